The minimum absolute atomic E-state index is 0.103. The number of ether oxygens (including phenoxy) is 2. The van der Waals surface area contributed by atoms with Crippen LogP contribution in [0.15, 0.2) is 94.7 Å². The highest BCUT2D eigenvalue weighted by atomic mass is 32.2. The third-order valence-corrected chi connectivity index (χ3v) is 14.9. The van der Waals surface area contributed by atoms with Gasteiger partial charge in [0, 0.05) is 38.3 Å². The number of hydrogen-bond donors (Lipinski definition) is 2. The summed E-state index contributed by atoms with van der Waals surface area (Å²) in [6.45, 7) is 3.62. The van der Waals surface area contributed by atoms with E-state index in [-0.39, 0.29) is 58.6 Å². The van der Waals surface area contributed by atoms with Crippen molar-refractivity contribution in [3.8, 4) is 0 Å². The molecule has 2 fully saturated rings. The van der Waals surface area contributed by atoms with Gasteiger partial charge in [-0.3, -0.25) is 0 Å². The van der Waals surface area contributed by atoms with Crippen LogP contribution in [-0.4, -0.2) is 64.2 Å². The quantitative estimate of drug-likeness (QED) is 0.0250. The zero-order valence-corrected chi connectivity index (χ0v) is 39.1. The van der Waals surface area contributed by atoms with Crippen LogP contribution in [0.5, 0.6) is 0 Å². The van der Waals surface area contributed by atoms with Gasteiger partial charge in [-0.2, -0.15) is 26.3 Å². The first-order valence-electron chi connectivity index (χ1n) is 22.1. The van der Waals surface area contributed by atoms with Gasteiger partial charge in [0.15, 0.2) is 0 Å². The van der Waals surface area contributed by atoms with Gasteiger partial charge >= 0.3 is 20.6 Å². The number of nitrogens with one attached hydrogen (secondary N) is 2. The minimum atomic E-state index is -4.51. The number of hydrogen-bond acceptors (Lipinski definition) is 9. The largest absolute Gasteiger partial charge is 0.697 e. The molecule has 0 amide bonds. The molecule has 0 spiro atoms. The summed E-state index contributed by atoms with van der Waals surface area (Å²) in [5.74, 6) is 0.447. The topological polar surface area (TPSA) is 78.1 Å². The van der Waals surface area contributed by atoms with E-state index in [1.165, 1.54) is 72.1 Å². The van der Waals surface area contributed by atoms with Crippen molar-refractivity contribution >= 4 is 31.8 Å². The van der Waals surface area contributed by atoms with Gasteiger partial charge in [-0.15, -0.1) is 32.6 Å². The maximum atomic E-state index is 14.0. The van der Waals surface area contributed by atoms with Gasteiger partial charge in [0.05, 0.1) is 37.6 Å². The second kappa shape index (κ2) is 24.9. The van der Waals surface area contributed by atoms with Gasteiger partial charge in [0.2, 0.25) is 0 Å². The van der Waals surface area contributed by atoms with E-state index in [0.717, 1.165) is 49.7 Å². The van der Waals surface area contributed by atoms with Gasteiger partial charge in [-0.1, -0.05) is 49.2 Å². The number of unbranched alkanes of at least 4 members (excludes halogenated alkanes) is 2. The lowest BCUT2D eigenvalue weighted by Crippen LogP contribution is -2.46. The maximum Gasteiger partial charge on any atom is 0.697 e. The standard InChI is InChI=1S/C48H56F8N2O5PS2/c49-39-13-9-37(10-14-39)45(31-60-32-45)19-1-3-25-65-43-17-7-35(27-41(43)47(51,52)53)29-57-21-5-23-62-64(59)63-24-6-22-58-30-36-8-18-44(42(28-36)48(54,55)56)66-26-4-2-20-46(33-61-34-46)38-11-15-40(50)16-12-38/h7-18,27-28,57-58H,1-6,19-26,29-34H2/q+1. The molecule has 0 saturated carbocycles. The molecule has 0 atom stereocenters. The lowest BCUT2D eigenvalue weighted by molar-refractivity contribution is -0.140. The van der Waals surface area contributed by atoms with Crippen molar-refractivity contribution in [2.24, 2.45) is 0 Å². The zero-order valence-electron chi connectivity index (χ0n) is 36.6. The van der Waals surface area contributed by atoms with Gasteiger partial charge in [-0.05, 0) is 134 Å². The van der Waals surface area contributed by atoms with Crippen LogP contribution in [-0.2, 0) is 59.4 Å². The van der Waals surface area contributed by atoms with Crippen LogP contribution in [0.3, 0.4) is 0 Å². The molecule has 0 unspecified atom stereocenters. The summed E-state index contributed by atoms with van der Waals surface area (Å²) in [6.07, 6.45) is -3.47. The first-order valence-corrected chi connectivity index (χ1v) is 25.2. The fraction of sp³-hybridized carbons (Fsp3) is 0.500. The minimum Gasteiger partial charge on any atom is -0.379 e. The lowest BCUT2D eigenvalue weighted by Gasteiger charge is -2.42. The normalized spacial score (nSPS) is 15.6. The summed E-state index contributed by atoms with van der Waals surface area (Å²) in [5.41, 5.74) is 1.30. The Morgan fingerprint density at radius 3 is 1.30 bits per heavy atom. The Morgan fingerprint density at radius 2 is 0.955 bits per heavy atom. The summed E-state index contributed by atoms with van der Waals surface area (Å²) < 4.78 is 144. The number of thioether (sulfide) groups is 2. The van der Waals surface area contributed by atoms with Crippen molar-refractivity contribution in [1.82, 2.24) is 10.6 Å². The number of rotatable bonds is 28. The molecule has 18 heteroatoms. The van der Waals surface area contributed by atoms with Gasteiger partial charge in [0.25, 0.3) is 0 Å². The van der Waals surface area contributed by atoms with Crippen LogP contribution >= 0.6 is 31.8 Å². The van der Waals surface area contributed by atoms with Crippen LogP contribution < -0.4 is 10.6 Å². The van der Waals surface area contributed by atoms with E-state index in [1.807, 2.05) is 0 Å². The molecule has 6 rings (SSSR count). The Balaban J connectivity index is 0.804. The lowest BCUT2D eigenvalue weighted by atomic mass is 9.75. The van der Waals surface area contributed by atoms with Gasteiger partial charge < -0.3 is 20.1 Å². The Hall–Kier alpha value is -3.12. The van der Waals surface area contributed by atoms with Crippen molar-refractivity contribution in [2.75, 3.05) is 64.2 Å². The molecule has 2 heterocycles. The zero-order chi connectivity index (χ0) is 47.0. The Kier molecular flexibility index (Phi) is 19.8. The van der Waals surface area contributed by atoms with E-state index < -0.39 is 31.7 Å². The molecular formula is C48H56F8N2O5PS2+. The molecule has 66 heavy (non-hydrogen) atoms. The monoisotopic (exact) mass is 987 g/mol. The summed E-state index contributed by atoms with van der Waals surface area (Å²) in [6, 6.07) is 21.5. The molecule has 0 bridgehead atoms. The molecule has 0 aromatic heterocycles. The number of benzene rings is 4. The number of alkyl halides is 6. The van der Waals surface area contributed by atoms with Crippen molar-refractivity contribution in [1.29, 1.82) is 0 Å². The van der Waals surface area contributed by atoms with Gasteiger partial charge in [0.1, 0.15) is 24.8 Å². The van der Waals surface area contributed by atoms with Crippen LogP contribution in [0, 0.1) is 11.6 Å². The molecule has 0 radical (unpaired) electrons. The molecule has 0 aliphatic carbocycles. The highest BCUT2D eigenvalue weighted by molar-refractivity contribution is 7.99. The van der Waals surface area contributed by atoms with Crippen LogP contribution in [0.1, 0.15) is 84.7 Å². The molecule has 4 aromatic carbocycles. The summed E-state index contributed by atoms with van der Waals surface area (Å²) in [4.78, 5) is 0.356. The average Bonchev–Trinajstić information content (AvgIpc) is 3.25. The van der Waals surface area contributed by atoms with E-state index >= 15 is 0 Å². The first-order chi connectivity index (χ1) is 31.7. The smallest absolute Gasteiger partial charge is 0.379 e. The van der Waals surface area contributed by atoms with Gasteiger partial charge in [-0.25, -0.2) is 8.78 Å². The van der Waals surface area contributed by atoms with Crippen LogP contribution in [0.2, 0.25) is 0 Å². The molecule has 4 aromatic rings. The molecule has 2 saturated heterocycles. The van der Waals surface area contributed by atoms with Crippen molar-refractivity contribution in [3.05, 3.63) is 130 Å². The summed E-state index contributed by atoms with van der Waals surface area (Å²) >= 11 is 2.37. The highest BCUT2D eigenvalue weighted by Crippen LogP contribution is 2.42. The summed E-state index contributed by atoms with van der Waals surface area (Å²) in [5, 5.41) is 6.19. The van der Waals surface area contributed by atoms with Crippen molar-refractivity contribution < 1.29 is 58.2 Å². The van der Waals surface area contributed by atoms with Crippen LogP contribution in [0.4, 0.5) is 35.1 Å². The SMILES string of the molecule is O=[P+](OCCCNCc1ccc(SCCCCC2(c3ccc(F)cc3)COC2)c(C(F)(F)F)c1)OCCCNCc1ccc(SCCCCC2(c3ccc(F)cc3)COC2)c(C(F)(F)F)c1. The second-order valence-corrected chi connectivity index (χ2v) is 20.0. The van der Waals surface area contributed by atoms with Crippen molar-refractivity contribution in [3.63, 3.8) is 0 Å². The van der Waals surface area contributed by atoms with E-state index in [1.54, 1.807) is 36.4 Å². The predicted octanol–water partition coefficient (Wildman–Crippen LogP) is 12.8. The fourth-order valence-electron chi connectivity index (χ4n) is 7.95. The third-order valence-electron chi connectivity index (χ3n) is 11.8. The van der Waals surface area contributed by atoms with E-state index in [2.05, 4.69) is 10.6 Å². The third kappa shape index (κ3) is 15.4. The predicted molar refractivity (Wildman–Crippen MR) is 242 cm³/mol. The second-order valence-electron chi connectivity index (χ2n) is 16.8. The summed E-state index contributed by atoms with van der Waals surface area (Å²) in [7, 11) is -2.40. The van der Waals surface area contributed by atoms with E-state index in [4.69, 9.17) is 18.5 Å². The number of halogens is 8. The Labute approximate surface area is 390 Å². The molecule has 2 aliphatic rings. The Bertz CT molecular complexity index is 1990. The van der Waals surface area contributed by atoms with Crippen molar-refractivity contribution in [2.45, 2.75) is 97.4 Å². The molecule has 2 aliphatic heterocycles. The maximum absolute atomic E-state index is 14.0. The van der Waals surface area contributed by atoms with E-state index in [9.17, 15) is 39.7 Å². The Morgan fingerprint density at radius 1 is 0.561 bits per heavy atom. The molecule has 7 nitrogen and oxygen atoms in total. The van der Waals surface area contributed by atoms with E-state index in [0.29, 0.717) is 75.0 Å². The van der Waals surface area contributed by atoms with Crippen LogP contribution in [0.25, 0.3) is 0 Å². The molecule has 2 N–H and O–H groups in total. The molecular weight excluding hydrogens is 932 g/mol. The highest BCUT2D eigenvalue weighted by Gasteiger charge is 2.41. The fourth-order valence-corrected chi connectivity index (χ4v) is 10.7. The average molecular weight is 988 g/mol. The molecule has 360 valence electrons. The first kappa shape index (κ1) is 52.3.